The third-order valence-corrected chi connectivity index (χ3v) is 4.18. The predicted molar refractivity (Wildman–Crippen MR) is 66.5 cm³/mol. The van der Waals surface area contributed by atoms with Crippen molar-refractivity contribution in [1.29, 1.82) is 0 Å². The molecule has 2 saturated carbocycles. The molecule has 1 aromatic carbocycles. The van der Waals surface area contributed by atoms with Crippen LogP contribution in [0.5, 0.6) is 11.5 Å². The molecule has 3 N–H and O–H groups in total. The van der Waals surface area contributed by atoms with E-state index in [0.717, 1.165) is 5.92 Å². The Morgan fingerprint density at radius 3 is 2.39 bits per heavy atom. The van der Waals surface area contributed by atoms with Crippen molar-refractivity contribution >= 4 is 5.91 Å². The highest BCUT2D eigenvalue weighted by Crippen LogP contribution is 2.60. The van der Waals surface area contributed by atoms with Crippen LogP contribution in [0.15, 0.2) is 18.2 Å². The number of phenolic OH excluding ortho intramolecular Hbond substituents is 2. The van der Waals surface area contributed by atoms with Gasteiger partial charge in [-0.25, -0.2) is 0 Å². The quantitative estimate of drug-likeness (QED) is 0.762. The monoisotopic (exact) mass is 247 g/mol. The molecule has 0 aromatic heterocycles. The third-order valence-electron chi connectivity index (χ3n) is 4.18. The standard InChI is InChI=1S/C14H17NO3/c16-10-2-1-3-11(17)12(10)13(18)15-8-14(6-7-14)9-4-5-9/h1-3,9,16-17H,4-8H2,(H,15,18). The van der Waals surface area contributed by atoms with Crippen LogP contribution in [0.25, 0.3) is 0 Å². The summed E-state index contributed by atoms with van der Waals surface area (Å²) in [4.78, 5) is 12.0. The van der Waals surface area contributed by atoms with E-state index in [4.69, 9.17) is 0 Å². The van der Waals surface area contributed by atoms with Crippen LogP contribution in [0, 0.1) is 11.3 Å². The van der Waals surface area contributed by atoms with Gasteiger partial charge in [0.25, 0.3) is 5.91 Å². The van der Waals surface area contributed by atoms with Crippen LogP contribution >= 0.6 is 0 Å². The highest BCUT2D eigenvalue weighted by Gasteiger charge is 2.53. The van der Waals surface area contributed by atoms with Gasteiger partial charge in [-0.15, -0.1) is 0 Å². The number of hydrogen-bond donors (Lipinski definition) is 3. The van der Waals surface area contributed by atoms with Crippen LogP contribution in [-0.2, 0) is 0 Å². The lowest BCUT2D eigenvalue weighted by molar-refractivity contribution is 0.0937. The second kappa shape index (κ2) is 3.90. The first-order valence-electron chi connectivity index (χ1n) is 6.41. The summed E-state index contributed by atoms with van der Waals surface area (Å²) in [6.45, 7) is 0.657. The average Bonchev–Trinajstić information content (AvgIpc) is 3.18. The molecule has 0 radical (unpaired) electrons. The average molecular weight is 247 g/mol. The Bertz CT molecular complexity index is 470. The van der Waals surface area contributed by atoms with Crippen molar-refractivity contribution in [3.05, 3.63) is 23.8 Å². The minimum atomic E-state index is -0.391. The summed E-state index contributed by atoms with van der Waals surface area (Å²) in [5, 5.41) is 22.1. The zero-order valence-corrected chi connectivity index (χ0v) is 10.1. The maximum Gasteiger partial charge on any atom is 0.258 e. The van der Waals surface area contributed by atoms with E-state index in [0.29, 0.717) is 12.0 Å². The summed E-state index contributed by atoms with van der Waals surface area (Å²) in [5.41, 5.74) is 0.291. The van der Waals surface area contributed by atoms with E-state index >= 15 is 0 Å². The lowest BCUT2D eigenvalue weighted by Gasteiger charge is -2.15. The Kier molecular flexibility index (Phi) is 2.47. The molecule has 0 atom stereocenters. The predicted octanol–water partition coefficient (Wildman–Crippen LogP) is 2.02. The molecule has 3 rings (SSSR count). The molecule has 18 heavy (non-hydrogen) atoms. The molecule has 1 aromatic rings. The zero-order chi connectivity index (χ0) is 12.8. The Morgan fingerprint density at radius 1 is 1.28 bits per heavy atom. The Hall–Kier alpha value is -1.71. The first kappa shape index (κ1) is 11.4. The Morgan fingerprint density at radius 2 is 1.89 bits per heavy atom. The maximum atomic E-state index is 12.0. The molecule has 0 unspecified atom stereocenters. The van der Waals surface area contributed by atoms with E-state index in [-0.39, 0.29) is 17.1 Å². The maximum absolute atomic E-state index is 12.0. The van der Waals surface area contributed by atoms with E-state index < -0.39 is 5.91 Å². The van der Waals surface area contributed by atoms with Gasteiger partial charge in [-0.2, -0.15) is 0 Å². The SMILES string of the molecule is O=C(NCC1(C2CC2)CC1)c1c(O)cccc1O. The molecule has 1 amide bonds. The fourth-order valence-corrected chi connectivity index (χ4v) is 2.69. The number of aromatic hydroxyl groups is 2. The number of carbonyl (C=O) groups excluding carboxylic acids is 1. The number of benzene rings is 1. The molecule has 0 saturated heterocycles. The van der Waals surface area contributed by atoms with E-state index in [2.05, 4.69) is 5.32 Å². The Labute approximate surface area is 106 Å². The topological polar surface area (TPSA) is 69.6 Å². The molecule has 4 nitrogen and oxygen atoms in total. The molecule has 0 bridgehead atoms. The van der Waals surface area contributed by atoms with Crippen LogP contribution in [0.1, 0.15) is 36.0 Å². The molecule has 2 aliphatic carbocycles. The normalized spacial score (nSPS) is 20.4. The van der Waals surface area contributed by atoms with Crippen molar-refractivity contribution in [3.63, 3.8) is 0 Å². The molecular weight excluding hydrogens is 230 g/mol. The highest BCUT2D eigenvalue weighted by molar-refractivity contribution is 5.99. The summed E-state index contributed by atoms with van der Waals surface area (Å²) in [6.07, 6.45) is 4.92. The van der Waals surface area contributed by atoms with Crippen LogP contribution in [0.2, 0.25) is 0 Å². The van der Waals surface area contributed by atoms with E-state index in [1.807, 2.05) is 0 Å². The highest BCUT2D eigenvalue weighted by atomic mass is 16.3. The van der Waals surface area contributed by atoms with Gasteiger partial charge in [0.1, 0.15) is 17.1 Å². The van der Waals surface area contributed by atoms with Crippen molar-refractivity contribution in [2.45, 2.75) is 25.7 Å². The van der Waals surface area contributed by atoms with Crippen LogP contribution < -0.4 is 5.32 Å². The molecule has 0 aliphatic heterocycles. The first-order valence-corrected chi connectivity index (χ1v) is 6.41. The van der Waals surface area contributed by atoms with Gasteiger partial charge in [0.05, 0.1) is 0 Å². The lowest BCUT2D eigenvalue weighted by Crippen LogP contribution is -2.31. The smallest absolute Gasteiger partial charge is 0.258 e. The number of phenols is 2. The third kappa shape index (κ3) is 1.92. The van der Waals surface area contributed by atoms with E-state index in [1.54, 1.807) is 0 Å². The summed E-state index contributed by atoms with van der Waals surface area (Å²) < 4.78 is 0. The number of nitrogens with one attached hydrogen (secondary N) is 1. The van der Waals surface area contributed by atoms with Gasteiger partial charge in [0, 0.05) is 6.54 Å². The van der Waals surface area contributed by atoms with Gasteiger partial charge in [-0.3, -0.25) is 4.79 Å². The number of rotatable bonds is 4. The molecule has 2 fully saturated rings. The number of carbonyl (C=O) groups is 1. The van der Waals surface area contributed by atoms with Gasteiger partial charge in [0.2, 0.25) is 0 Å². The van der Waals surface area contributed by atoms with Crippen LogP contribution in [-0.4, -0.2) is 22.7 Å². The lowest BCUT2D eigenvalue weighted by atomic mass is 10.0. The summed E-state index contributed by atoms with van der Waals surface area (Å²) in [6, 6.07) is 4.32. The number of amides is 1. The van der Waals surface area contributed by atoms with E-state index in [9.17, 15) is 15.0 Å². The minimum Gasteiger partial charge on any atom is -0.507 e. The minimum absolute atomic E-state index is 0.0240. The molecule has 2 aliphatic rings. The first-order chi connectivity index (χ1) is 8.62. The molecule has 96 valence electrons. The summed E-state index contributed by atoms with van der Waals surface area (Å²) >= 11 is 0. The van der Waals surface area contributed by atoms with E-state index in [1.165, 1.54) is 43.9 Å². The van der Waals surface area contributed by atoms with Gasteiger partial charge in [0.15, 0.2) is 0 Å². The fraction of sp³-hybridized carbons (Fsp3) is 0.500. The fourth-order valence-electron chi connectivity index (χ4n) is 2.69. The van der Waals surface area contributed by atoms with Gasteiger partial charge in [-0.05, 0) is 49.1 Å². The molecule has 0 heterocycles. The van der Waals surface area contributed by atoms with Crippen molar-refractivity contribution < 1.29 is 15.0 Å². The van der Waals surface area contributed by atoms with Gasteiger partial charge in [-0.1, -0.05) is 6.07 Å². The number of hydrogen-bond acceptors (Lipinski definition) is 3. The Balaban J connectivity index is 1.68. The molecular formula is C14H17NO3. The zero-order valence-electron chi connectivity index (χ0n) is 10.1. The van der Waals surface area contributed by atoms with Gasteiger partial charge >= 0.3 is 0 Å². The molecule has 4 heteroatoms. The second-order valence-electron chi connectivity index (χ2n) is 5.49. The molecule has 0 spiro atoms. The van der Waals surface area contributed by atoms with Crippen LogP contribution in [0.4, 0.5) is 0 Å². The van der Waals surface area contributed by atoms with Crippen LogP contribution in [0.3, 0.4) is 0 Å². The summed E-state index contributed by atoms with van der Waals surface area (Å²) in [5.74, 6) is 0.0285. The van der Waals surface area contributed by atoms with Crippen molar-refractivity contribution in [1.82, 2.24) is 5.32 Å². The van der Waals surface area contributed by atoms with Crippen molar-refractivity contribution in [2.75, 3.05) is 6.54 Å². The van der Waals surface area contributed by atoms with Gasteiger partial charge < -0.3 is 15.5 Å². The van der Waals surface area contributed by atoms with Crippen molar-refractivity contribution in [3.8, 4) is 11.5 Å². The summed E-state index contributed by atoms with van der Waals surface area (Å²) in [7, 11) is 0. The largest absolute Gasteiger partial charge is 0.507 e. The second-order valence-corrected chi connectivity index (χ2v) is 5.49. The van der Waals surface area contributed by atoms with Crippen molar-refractivity contribution in [2.24, 2.45) is 11.3 Å².